The third kappa shape index (κ3) is 2.94. The Labute approximate surface area is 143 Å². The van der Waals surface area contributed by atoms with Gasteiger partial charge in [-0.25, -0.2) is 4.79 Å². The van der Waals surface area contributed by atoms with Gasteiger partial charge in [0.2, 0.25) is 0 Å². The molecule has 1 saturated heterocycles. The Balaban J connectivity index is 1.43. The Morgan fingerprint density at radius 3 is 2.33 bits per heavy atom. The van der Waals surface area contributed by atoms with Crippen molar-refractivity contribution in [1.29, 1.82) is 0 Å². The molecule has 24 heavy (non-hydrogen) atoms. The van der Waals surface area contributed by atoms with Crippen molar-refractivity contribution >= 4 is 11.9 Å². The van der Waals surface area contributed by atoms with Crippen molar-refractivity contribution in [3.05, 3.63) is 35.4 Å². The van der Waals surface area contributed by atoms with Crippen molar-refractivity contribution in [3.63, 3.8) is 0 Å². The van der Waals surface area contributed by atoms with E-state index in [2.05, 4.69) is 31.2 Å². The van der Waals surface area contributed by atoms with Gasteiger partial charge in [0.1, 0.15) is 11.4 Å². The van der Waals surface area contributed by atoms with Crippen LogP contribution < -0.4 is 0 Å². The zero-order valence-corrected chi connectivity index (χ0v) is 14.3. The number of amides is 1. The summed E-state index contributed by atoms with van der Waals surface area (Å²) in [6.07, 6.45) is 5.68. The van der Waals surface area contributed by atoms with E-state index in [1.54, 1.807) is 0 Å². The maximum Gasteiger partial charge on any atom is 0.410 e. The molecule has 1 spiro atoms. The van der Waals surface area contributed by atoms with E-state index in [0.717, 1.165) is 17.9 Å². The van der Waals surface area contributed by atoms with Crippen LogP contribution in [0.4, 0.5) is 4.79 Å². The first-order chi connectivity index (χ1) is 11.6. The van der Waals surface area contributed by atoms with Gasteiger partial charge in [-0.2, -0.15) is 0 Å². The zero-order valence-electron chi connectivity index (χ0n) is 14.3. The lowest BCUT2D eigenvalue weighted by molar-refractivity contribution is -0.129. The lowest BCUT2D eigenvalue weighted by Crippen LogP contribution is -2.51. The molecule has 1 heterocycles. The molecule has 0 radical (unpaired) electrons. The van der Waals surface area contributed by atoms with Crippen LogP contribution in [0.2, 0.25) is 0 Å². The minimum absolute atomic E-state index is 0.0216. The average molecular weight is 327 g/mol. The Morgan fingerprint density at radius 1 is 1.08 bits per heavy atom. The molecule has 0 N–H and O–H groups in total. The second-order valence-electron chi connectivity index (χ2n) is 7.65. The molecule has 4 heteroatoms. The van der Waals surface area contributed by atoms with Crippen molar-refractivity contribution in [3.8, 4) is 0 Å². The number of ketones is 1. The van der Waals surface area contributed by atoms with Gasteiger partial charge in [-0.3, -0.25) is 4.79 Å². The first-order valence-corrected chi connectivity index (χ1v) is 9.17. The maximum atomic E-state index is 12.6. The van der Waals surface area contributed by atoms with E-state index in [1.165, 1.54) is 18.4 Å². The molecule has 128 valence electrons. The van der Waals surface area contributed by atoms with Gasteiger partial charge in [-0.05, 0) is 49.7 Å². The summed E-state index contributed by atoms with van der Waals surface area (Å²) in [5, 5.41) is 0. The minimum Gasteiger partial charge on any atom is -0.443 e. The number of benzene rings is 1. The monoisotopic (exact) mass is 327 g/mol. The van der Waals surface area contributed by atoms with Crippen molar-refractivity contribution in [2.45, 2.75) is 69.4 Å². The van der Waals surface area contributed by atoms with E-state index >= 15 is 0 Å². The molecule has 4 nitrogen and oxygen atoms in total. The lowest BCUT2D eigenvalue weighted by Gasteiger charge is -2.44. The van der Waals surface area contributed by atoms with E-state index in [1.807, 2.05) is 4.90 Å². The predicted molar refractivity (Wildman–Crippen MR) is 90.8 cm³/mol. The van der Waals surface area contributed by atoms with Crippen LogP contribution in [0, 0.1) is 0 Å². The van der Waals surface area contributed by atoms with Crippen LogP contribution in [0.3, 0.4) is 0 Å². The smallest absolute Gasteiger partial charge is 0.410 e. The highest BCUT2D eigenvalue weighted by Gasteiger charge is 2.44. The number of Topliss-reactive ketones (excluding diaryl/α,β-unsaturated/α-hetero) is 1. The predicted octanol–water partition coefficient (Wildman–Crippen LogP) is 4.35. The molecule has 2 saturated carbocycles. The summed E-state index contributed by atoms with van der Waals surface area (Å²) in [7, 11) is 0. The summed E-state index contributed by atoms with van der Waals surface area (Å²) in [6, 6.07) is 8.72. The first kappa shape index (κ1) is 15.7. The molecule has 1 amide bonds. The Kier molecular flexibility index (Phi) is 3.86. The van der Waals surface area contributed by atoms with Gasteiger partial charge < -0.3 is 9.64 Å². The summed E-state index contributed by atoms with van der Waals surface area (Å²) in [4.78, 5) is 25.9. The van der Waals surface area contributed by atoms with Crippen LogP contribution in [0.15, 0.2) is 24.3 Å². The highest BCUT2D eigenvalue weighted by Crippen LogP contribution is 2.41. The number of rotatable bonds is 3. The van der Waals surface area contributed by atoms with Gasteiger partial charge in [0.25, 0.3) is 0 Å². The van der Waals surface area contributed by atoms with E-state index < -0.39 is 5.60 Å². The topological polar surface area (TPSA) is 46.6 Å². The fraction of sp³-hybridized carbons (Fsp3) is 0.600. The van der Waals surface area contributed by atoms with Crippen LogP contribution in [-0.4, -0.2) is 28.9 Å². The van der Waals surface area contributed by atoms with Gasteiger partial charge in [0.15, 0.2) is 0 Å². The number of ether oxygens (including phenoxy) is 1. The van der Waals surface area contributed by atoms with E-state index in [0.29, 0.717) is 38.0 Å². The molecule has 1 aromatic rings. The van der Waals surface area contributed by atoms with Gasteiger partial charge in [0.05, 0.1) is 6.04 Å². The molecule has 4 rings (SSSR count). The molecule has 1 aromatic carbocycles. The van der Waals surface area contributed by atoms with E-state index in [-0.39, 0.29) is 12.1 Å². The first-order valence-electron chi connectivity index (χ1n) is 9.17. The van der Waals surface area contributed by atoms with Crippen molar-refractivity contribution in [2.24, 2.45) is 0 Å². The maximum absolute atomic E-state index is 12.6. The molecule has 1 unspecified atom stereocenters. The van der Waals surface area contributed by atoms with Gasteiger partial charge in [0, 0.05) is 25.8 Å². The molecular weight excluding hydrogens is 302 g/mol. The number of carbonyl (C=O) groups excluding carboxylic acids is 2. The fourth-order valence-corrected chi connectivity index (χ4v) is 4.04. The van der Waals surface area contributed by atoms with Crippen LogP contribution in [0.1, 0.15) is 75.0 Å². The Hall–Kier alpha value is -1.84. The van der Waals surface area contributed by atoms with Crippen LogP contribution in [0.25, 0.3) is 0 Å². The number of nitrogens with zero attached hydrogens (tertiary/aromatic N) is 1. The molecular formula is C20H25NO3. The van der Waals surface area contributed by atoms with Crippen LogP contribution >= 0.6 is 0 Å². The summed E-state index contributed by atoms with van der Waals surface area (Å²) < 4.78 is 5.83. The van der Waals surface area contributed by atoms with Gasteiger partial charge in [-0.1, -0.05) is 24.3 Å². The zero-order chi connectivity index (χ0) is 16.7. The SMILES string of the molecule is CC(c1ccc(C2CC2)cc1)N1CCC2(CCC(=O)CC2)OC1=O. The normalized spacial score (nSPS) is 24.8. The van der Waals surface area contributed by atoms with Crippen molar-refractivity contribution in [1.82, 2.24) is 4.90 Å². The average Bonchev–Trinajstić information content (AvgIpc) is 3.43. The molecule has 1 atom stereocenters. The third-order valence-corrected chi connectivity index (χ3v) is 6.00. The third-order valence-electron chi connectivity index (χ3n) is 6.00. The highest BCUT2D eigenvalue weighted by atomic mass is 16.6. The molecule has 3 aliphatic rings. The minimum atomic E-state index is -0.392. The standard InChI is InChI=1S/C20H25NO3/c1-14(15-2-4-16(5-3-15)17-6-7-17)21-13-12-20(24-19(21)23)10-8-18(22)9-11-20/h2-5,14,17H,6-13H2,1H3. The number of hydrogen-bond donors (Lipinski definition) is 0. The molecule has 1 aliphatic heterocycles. The highest BCUT2D eigenvalue weighted by molar-refractivity contribution is 5.80. The second kappa shape index (κ2) is 5.91. The van der Waals surface area contributed by atoms with Gasteiger partial charge >= 0.3 is 6.09 Å². The summed E-state index contributed by atoms with van der Waals surface area (Å²) in [5.41, 5.74) is 2.18. The molecule has 2 aliphatic carbocycles. The summed E-state index contributed by atoms with van der Waals surface area (Å²) in [5.74, 6) is 1.05. The van der Waals surface area contributed by atoms with E-state index in [4.69, 9.17) is 4.74 Å². The fourth-order valence-electron chi connectivity index (χ4n) is 4.04. The Morgan fingerprint density at radius 2 is 1.75 bits per heavy atom. The molecule has 3 fully saturated rings. The number of carbonyl (C=O) groups is 2. The van der Waals surface area contributed by atoms with Gasteiger partial charge in [-0.15, -0.1) is 0 Å². The summed E-state index contributed by atoms with van der Waals surface area (Å²) >= 11 is 0. The Bertz CT molecular complexity index is 637. The van der Waals surface area contributed by atoms with Crippen molar-refractivity contribution < 1.29 is 14.3 Å². The molecule has 0 bridgehead atoms. The molecule has 0 aromatic heterocycles. The van der Waals surface area contributed by atoms with Crippen LogP contribution in [-0.2, 0) is 9.53 Å². The van der Waals surface area contributed by atoms with Crippen molar-refractivity contribution in [2.75, 3.05) is 6.54 Å². The lowest BCUT2D eigenvalue weighted by atomic mass is 9.80. The quantitative estimate of drug-likeness (QED) is 0.829. The summed E-state index contributed by atoms with van der Waals surface area (Å²) in [6.45, 7) is 2.77. The number of hydrogen-bond acceptors (Lipinski definition) is 3. The second-order valence-corrected chi connectivity index (χ2v) is 7.65. The largest absolute Gasteiger partial charge is 0.443 e. The van der Waals surface area contributed by atoms with Crippen LogP contribution in [0.5, 0.6) is 0 Å². The van der Waals surface area contributed by atoms with E-state index in [9.17, 15) is 9.59 Å².